The summed E-state index contributed by atoms with van der Waals surface area (Å²) in [7, 11) is -3.46. The van der Waals surface area contributed by atoms with Crippen molar-refractivity contribution in [3.05, 3.63) is 59.7 Å². The lowest BCUT2D eigenvalue weighted by Gasteiger charge is -2.33. The first-order valence-electron chi connectivity index (χ1n) is 10.9. The Labute approximate surface area is 183 Å². The molecule has 0 bridgehead atoms. The molecule has 0 unspecified atom stereocenters. The van der Waals surface area contributed by atoms with Gasteiger partial charge >= 0.3 is 0 Å². The van der Waals surface area contributed by atoms with Crippen LogP contribution in [0.4, 0.5) is 0 Å². The van der Waals surface area contributed by atoms with E-state index in [4.69, 9.17) is 0 Å². The van der Waals surface area contributed by atoms with Crippen molar-refractivity contribution in [2.24, 2.45) is 0 Å². The maximum atomic E-state index is 13.0. The summed E-state index contributed by atoms with van der Waals surface area (Å²) in [4.78, 5) is 19.2. The number of benzene rings is 2. The Morgan fingerprint density at radius 3 is 2.39 bits per heavy atom. The van der Waals surface area contributed by atoms with Crippen molar-refractivity contribution in [2.75, 3.05) is 19.3 Å². The third-order valence-electron chi connectivity index (χ3n) is 6.03. The van der Waals surface area contributed by atoms with E-state index in [9.17, 15) is 13.2 Å². The van der Waals surface area contributed by atoms with Crippen molar-refractivity contribution < 1.29 is 13.2 Å². The molecule has 0 spiro atoms. The SMILES string of the molecule is CCCCc1ccc(C(=O)N2CCC(n3c(S(C)(=O)=O)nc4ccccc43)CC2)cc1. The van der Waals surface area contributed by atoms with Crippen molar-refractivity contribution in [3.8, 4) is 0 Å². The third-order valence-corrected chi connectivity index (χ3v) is 6.98. The molecule has 1 aliphatic rings. The smallest absolute Gasteiger partial charge is 0.253 e. The fourth-order valence-corrected chi connectivity index (χ4v) is 5.21. The van der Waals surface area contributed by atoms with Gasteiger partial charge in [0.2, 0.25) is 15.0 Å². The number of fused-ring (bicyclic) bond motifs is 1. The highest BCUT2D eigenvalue weighted by atomic mass is 32.2. The first kappa shape index (κ1) is 21.6. The second-order valence-electron chi connectivity index (χ2n) is 8.35. The molecule has 6 nitrogen and oxygen atoms in total. The van der Waals surface area contributed by atoms with E-state index in [1.807, 2.05) is 58.0 Å². The van der Waals surface area contributed by atoms with Gasteiger partial charge in [-0.1, -0.05) is 37.6 Å². The molecule has 0 N–H and O–H groups in total. The van der Waals surface area contributed by atoms with Gasteiger partial charge in [-0.05, 0) is 55.5 Å². The maximum Gasteiger partial charge on any atom is 0.253 e. The van der Waals surface area contributed by atoms with Crippen LogP contribution in [0.5, 0.6) is 0 Å². The molecule has 7 heteroatoms. The van der Waals surface area contributed by atoms with E-state index >= 15 is 0 Å². The van der Waals surface area contributed by atoms with Crippen LogP contribution in [0.25, 0.3) is 11.0 Å². The average molecular weight is 440 g/mol. The first-order chi connectivity index (χ1) is 14.9. The Balaban J connectivity index is 1.50. The lowest BCUT2D eigenvalue weighted by molar-refractivity contribution is 0.0693. The second-order valence-corrected chi connectivity index (χ2v) is 10.3. The number of para-hydroxylation sites is 2. The highest BCUT2D eigenvalue weighted by molar-refractivity contribution is 7.90. The molecular formula is C24H29N3O3S. The molecular weight excluding hydrogens is 410 g/mol. The molecule has 1 amide bonds. The molecule has 2 aromatic carbocycles. The van der Waals surface area contributed by atoms with Gasteiger partial charge in [-0.15, -0.1) is 0 Å². The Bertz CT molecular complexity index is 1170. The monoisotopic (exact) mass is 439 g/mol. The molecule has 0 aliphatic carbocycles. The quantitative estimate of drug-likeness (QED) is 0.575. The lowest BCUT2D eigenvalue weighted by atomic mass is 10.0. The van der Waals surface area contributed by atoms with E-state index in [0.29, 0.717) is 37.0 Å². The topological polar surface area (TPSA) is 72.3 Å². The minimum absolute atomic E-state index is 0.00223. The Morgan fingerprint density at radius 1 is 1.06 bits per heavy atom. The molecule has 0 atom stereocenters. The number of carbonyl (C=O) groups excluding carboxylic acids is 1. The third kappa shape index (κ3) is 4.51. The number of rotatable bonds is 6. The van der Waals surface area contributed by atoms with Crippen molar-refractivity contribution in [1.82, 2.24) is 14.5 Å². The summed E-state index contributed by atoms with van der Waals surface area (Å²) >= 11 is 0. The zero-order valence-electron chi connectivity index (χ0n) is 18.1. The largest absolute Gasteiger partial charge is 0.338 e. The van der Waals surface area contributed by atoms with E-state index in [-0.39, 0.29) is 17.1 Å². The Morgan fingerprint density at radius 2 is 1.74 bits per heavy atom. The van der Waals surface area contributed by atoms with Gasteiger partial charge in [0, 0.05) is 31.0 Å². The van der Waals surface area contributed by atoms with Crippen molar-refractivity contribution >= 4 is 26.8 Å². The van der Waals surface area contributed by atoms with Gasteiger partial charge in [0.1, 0.15) is 0 Å². The number of nitrogens with zero attached hydrogens (tertiary/aromatic N) is 3. The first-order valence-corrected chi connectivity index (χ1v) is 12.8. The lowest BCUT2D eigenvalue weighted by Crippen LogP contribution is -2.39. The number of unbranched alkanes of at least 4 members (excludes halogenated alkanes) is 1. The molecule has 2 heterocycles. The number of imidazole rings is 1. The zero-order chi connectivity index (χ0) is 22.0. The van der Waals surface area contributed by atoms with Gasteiger partial charge < -0.3 is 9.47 Å². The summed E-state index contributed by atoms with van der Waals surface area (Å²) in [5, 5.41) is 0.112. The van der Waals surface area contributed by atoms with E-state index in [1.54, 1.807) is 0 Å². The second kappa shape index (κ2) is 8.83. The fraction of sp³-hybridized carbons (Fsp3) is 0.417. The number of aromatic nitrogens is 2. The van der Waals surface area contributed by atoms with Gasteiger partial charge in [-0.3, -0.25) is 4.79 Å². The van der Waals surface area contributed by atoms with E-state index in [1.165, 1.54) is 11.8 Å². The minimum Gasteiger partial charge on any atom is -0.338 e. The summed E-state index contributed by atoms with van der Waals surface area (Å²) in [5.74, 6) is 0.0410. The van der Waals surface area contributed by atoms with Crippen LogP contribution in [-0.4, -0.2) is 48.1 Å². The van der Waals surface area contributed by atoms with Gasteiger partial charge in [0.25, 0.3) is 5.91 Å². The van der Waals surface area contributed by atoms with Crippen LogP contribution in [0.3, 0.4) is 0 Å². The van der Waals surface area contributed by atoms with Crippen LogP contribution in [0, 0.1) is 0 Å². The molecule has 0 saturated carbocycles. The van der Waals surface area contributed by atoms with Crippen molar-refractivity contribution in [2.45, 2.75) is 50.2 Å². The Kier molecular flexibility index (Phi) is 6.14. The van der Waals surface area contributed by atoms with Gasteiger partial charge in [-0.25, -0.2) is 13.4 Å². The summed E-state index contributed by atoms with van der Waals surface area (Å²) in [6.07, 6.45) is 5.94. The highest BCUT2D eigenvalue weighted by Gasteiger charge is 2.29. The van der Waals surface area contributed by atoms with E-state index in [2.05, 4.69) is 11.9 Å². The normalized spacial score (nSPS) is 15.5. The van der Waals surface area contributed by atoms with Crippen LogP contribution in [-0.2, 0) is 16.3 Å². The average Bonchev–Trinajstić information content (AvgIpc) is 3.18. The minimum atomic E-state index is -3.46. The summed E-state index contributed by atoms with van der Waals surface area (Å²) in [6, 6.07) is 15.4. The number of carbonyl (C=O) groups is 1. The molecule has 1 saturated heterocycles. The zero-order valence-corrected chi connectivity index (χ0v) is 18.9. The molecule has 3 aromatic rings. The van der Waals surface area contributed by atoms with Gasteiger partial charge in [0.05, 0.1) is 11.0 Å². The molecule has 0 radical (unpaired) electrons. The number of likely N-dealkylation sites (tertiary alicyclic amines) is 1. The molecule has 31 heavy (non-hydrogen) atoms. The van der Waals surface area contributed by atoms with E-state index in [0.717, 1.165) is 24.8 Å². The van der Waals surface area contributed by atoms with Crippen LogP contribution >= 0.6 is 0 Å². The molecule has 4 rings (SSSR count). The Hall–Kier alpha value is -2.67. The standard InChI is InChI=1S/C24H29N3O3S/c1-3-4-7-18-10-12-19(13-11-18)23(28)26-16-14-20(15-17-26)27-22-9-6-5-8-21(22)25-24(27)31(2,29)30/h5-6,8-13,20H,3-4,7,14-17H2,1-2H3. The number of aryl methyl sites for hydroxylation is 1. The molecule has 1 fully saturated rings. The van der Waals surface area contributed by atoms with Crippen LogP contribution in [0.1, 0.15) is 54.6 Å². The van der Waals surface area contributed by atoms with E-state index < -0.39 is 9.84 Å². The van der Waals surface area contributed by atoms with Crippen molar-refractivity contribution in [1.29, 1.82) is 0 Å². The number of hydrogen-bond acceptors (Lipinski definition) is 4. The molecule has 164 valence electrons. The van der Waals surface area contributed by atoms with Gasteiger partial charge in [-0.2, -0.15) is 0 Å². The van der Waals surface area contributed by atoms with Crippen molar-refractivity contribution in [3.63, 3.8) is 0 Å². The predicted molar refractivity (Wildman–Crippen MR) is 122 cm³/mol. The number of amides is 1. The number of sulfone groups is 1. The van der Waals surface area contributed by atoms with Crippen LogP contribution < -0.4 is 0 Å². The number of piperidine rings is 1. The summed E-state index contributed by atoms with van der Waals surface area (Å²) in [5.41, 5.74) is 3.49. The predicted octanol–water partition coefficient (Wildman–Crippen LogP) is 4.26. The summed E-state index contributed by atoms with van der Waals surface area (Å²) < 4.78 is 26.6. The summed E-state index contributed by atoms with van der Waals surface area (Å²) in [6.45, 7) is 3.36. The fourth-order valence-electron chi connectivity index (χ4n) is 4.34. The molecule has 1 aromatic heterocycles. The maximum absolute atomic E-state index is 13.0. The van der Waals surface area contributed by atoms with Crippen LogP contribution in [0.2, 0.25) is 0 Å². The highest BCUT2D eigenvalue weighted by Crippen LogP contribution is 2.31. The van der Waals surface area contributed by atoms with Gasteiger partial charge in [0.15, 0.2) is 0 Å². The van der Waals surface area contributed by atoms with Crippen LogP contribution in [0.15, 0.2) is 53.7 Å². The number of hydrogen-bond donors (Lipinski definition) is 0. The molecule has 1 aliphatic heterocycles.